The van der Waals surface area contributed by atoms with Crippen LogP contribution in [0.2, 0.25) is 0 Å². The third kappa shape index (κ3) is 4.16. The number of carbonyl (C=O) groups is 1. The molecule has 0 spiro atoms. The topological polar surface area (TPSA) is 72.9 Å². The van der Waals surface area contributed by atoms with E-state index in [4.69, 9.17) is 5.73 Å². The zero-order valence-corrected chi connectivity index (χ0v) is 12.4. The fourth-order valence-electron chi connectivity index (χ4n) is 2.20. The molecule has 0 fully saturated rings. The molecule has 0 saturated heterocycles. The molecule has 0 aliphatic heterocycles. The molecule has 0 bridgehead atoms. The number of imidazole rings is 1. The molecule has 1 amide bonds. The molecule has 0 radical (unpaired) electrons. The van der Waals surface area contributed by atoms with E-state index in [9.17, 15) is 4.79 Å². The summed E-state index contributed by atoms with van der Waals surface area (Å²) in [6.07, 6.45) is 5.57. The van der Waals surface area contributed by atoms with Crippen molar-refractivity contribution in [2.75, 3.05) is 6.54 Å². The Morgan fingerprint density at radius 3 is 2.76 bits per heavy atom. The maximum atomic E-state index is 12.1. The molecule has 0 atom stereocenters. The molecular formula is C16H22N4O. The van der Waals surface area contributed by atoms with Crippen molar-refractivity contribution in [2.45, 2.75) is 32.9 Å². The largest absolute Gasteiger partial charge is 0.345 e. The van der Waals surface area contributed by atoms with Crippen LogP contribution in [0.3, 0.4) is 0 Å². The van der Waals surface area contributed by atoms with Gasteiger partial charge >= 0.3 is 0 Å². The number of rotatable bonds is 7. The Morgan fingerprint density at radius 2 is 2.10 bits per heavy atom. The number of nitrogens with one attached hydrogen (secondary N) is 1. The van der Waals surface area contributed by atoms with Crippen molar-refractivity contribution >= 4 is 5.91 Å². The molecule has 5 heteroatoms. The van der Waals surface area contributed by atoms with Crippen molar-refractivity contribution in [1.82, 2.24) is 14.9 Å². The van der Waals surface area contributed by atoms with E-state index in [-0.39, 0.29) is 5.91 Å². The van der Waals surface area contributed by atoms with Gasteiger partial charge < -0.3 is 15.6 Å². The van der Waals surface area contributed by atoms with Gasteiger partial charge in [0.2, 0.25) is 0 Å². The number of amides is 1. The smallest absolute Gasteiger partial charge is 0.251 e. The minimum Gasteiger partial charge on any atom is -0.345 e. The predicted octanol–water partition coefficient (Wildman–Crippen LogP) is 1.72. The van der Waals surface area contributed by atoms with Crippen LogP contribution in [0.5, 0.6) is 0 Å². The number of nitrogens with two attached hydrogens (primary N) is 1. The Balaban J connectivity index is 1.93. The Morgan fingerprint density at radius 1 is 1.33 bits per heavy atom. The van der Waals surface area contributed by atoms with Crippen LogP contribution >= 0.6 is 0 Å². The predicted molar refractivity (Wildman–Crippen MR) is 82.9 cm³/mol. The lowest BCUT2D eigenvalue weighted by molar-refractivity contribution is 0.0949. The molecular weight excluding hydrogens is 264 g/mol. The number of hydrogen-bond donors (Lipinski definition) is 2. The summed E-state index contributed by atoms with van der Waals surface area (Å²) in [4.78, 5) is 16.4. The molecule has 1 aromatic heterocycles. The van der Waals surface area contributed by atoms with E-state index in [0.29, 0.717) is 18.7 Å². The van der Waals surface area contributed by atoms with Crippen molar-refractivity contribution < 1.29 is 4.79 Å². The van der Waals surface area contributed by atoms with Crippen molar-refractivity contribution in [2.24, 2.45) is 5.73 Å². The summed E-state index contributed by atoms with van der Waals surface area (Å²) in [6, 6.07) is 7.55. The van der Waals surface area contributed by atoms with E-state index in [1.165, 1.54) is 0 Å². The van der Waals surface area contributed by atoms with Crippen molar-refractivity contribution in [3.05, 3.63) is 53.6 Å². The van der Waals surface area contributed by atoms with Crippen molar-refractivity contribution in [3.63, 3.8) is 0 Å². The maximum Gasteiger partial charge on any atom is 0.251 e. The number of aromatic nitrogens is 2. The molecule has 21 heavy (non-hydrogen) atoms. The van der Waals surface area contributed by atoms with Gasteiger partial charge in [-0.2, -0.15) is 0 Å². The number of aryl methyl sites for hydroxylation is 1. The van der Waals surface area contributed by atoms with Gasteiger partial charge in [0.1, 0.15) is 5.82 Å². The van der Waals surface area contributed by atoms with E-state index < -0.39 is 0 Å². The van der Waals surface area contributed by atoms with E-state index in [2.05, 4.69) is 21.8 Å². The second-order valence-electron chi connectivity index (χ2n) is 4.96. The Bertz CT molecular complexity index is 574. The summed E-state index contributed by atoms with van der Waals surface area (Å²) in [5, 5.41) is 2.90. The molecule has 5 nitrogen and oxygen atoms in total. The van der Waals surface area contributed by atoms with Gasteiger partial charge in [-0.1, -0.05) is 19.1 Å². The third-order valence-electron chi connectivity index (χ3n) is 3.32. The number of benzene rings is 1. The van der Waals surface area contributed by atoms with Crippen LogP contribution in [0.25, 0.3) is 0 Å². The summed E-state index contributed by atoms with van der Waals surface area (Å²) < 4.78 is 2.06. The van der Waals surface area contributed by atoms with E-state index in [0.717, 1.165) is 30.8 Å². The lowest BCUT2D eigenvalue weighted by atomic mass is 10.1. The summed E-state index contributed by atoms with van der Waals surface area (Å²) >= 11 is 0. The number of carbonyl (C=O) groups excluding carboxylic acids is 1. The zero-order chi connectivity index (χ0) is 15.1. The summed E-state index contributed by atoms with van der Waals surface area (Å²) in [5.74, 6) is 0.797. The van der Waals surface area contributed by atoms with Gasteiger partial charge in [-0.25, -0.2) is 4.98 Å². The van der Waals surface area contributed by atoms with Gasteiger partial charge in [-0.15, -0.1) is 0 Å². The molecule has 2 aromatic rings. The van der Waals surface area contributed by atoms with Gasteiger partial charge in [0.15, 0.2) is 0 Å². The maximum absolute atomic E-state index is 12.1. The van der Waals surface area contributed by atoms with Crippen molar-refractivity contribution in [3.8, 4) is 0 Å². The van der Waals surface area contributed by atoms with Gasteiger partial charge in [0.25, 0.3) is 5.91 Å². The first-order valence-corrected chi connectivity index (χ1v) is 7.31. The molecule has 1 heterocycles. The second-order valence-corrected chi connectivity index (χ2v) is 4.96. The molecule has 1 aromatic carbocycles. The zero-order valence-electron chi connectivity index (χ0n) is 12.4. The minimum atomic E-state index is -0.0830. The molecule has 0 aliphatic carbocycles. The van der Waals surface area contributed by atoms with Crippen LogP contribution < -0.4 is 11.1 Å². The second kappa shape index (κ2) is 7.59. The van der Waals surface area contributed by atoms with Crippen LogP contribution in [0.15, 0.2) is 36.7 Å². The molecule has 0 aliphatic rings. The molecule has 2 rings (SSSR count). The van der Waals surface area contributed by atoms with E-state index in [1.54, 1.807) is 6.20 Å². The lowest BCUT2D eigenvalue weighted by Gasteiger charge is -2.08. The standard InChI is InChI=1S/C16H22N4O/c1-2-10-20-11-9-18-15(20)12-19-16(21)14-5-3-13(4-6-14)7-8-17/h3-6,9,11H,2,7-8,10,12,17H2,1H3,(H,19,21). The Kier molecular flexibility index (Phi) is 5.51. The third-order valence-corrected chi connectivity index (χ3v) is 3.32. The SMILES string of the molecule is CCCn1ccnc1CNC(=O)c1ccc(CCN)cc1. The highest BCUT2D eigenvalue weighted by atomic mass is 16.1. The Labute approximate surface area is 125 Å². The van der Waals surface area contributed by atoms with Gasteiger partial charge in [0.05, 0.1) is 6.54 Å². The van der Waals surface area contributed by atoms with Crippen molar-refractivity contribution in [1.29, 1.82) is 0 Å². The van der Waals surface area contributed by atoms with E-state index in [1.807, 2.05) is 30.5 Å². The summed E-state index contributed by atoms with van der Waals surface area (Å²) in [5.41, 5.74) is 7.31. The van der Waals surface area contributed by atoms with Crippen LogP contribution in [0, 0.1) is 0 Å². The minimum absolute atomic E-state index is 0.0830. The highest BCUT2D eigenvalue weighted by molar-refractivity contribution is 5.94. The molecule has 3 N–H and O–H groups in total. The molecule has 112 valence electrons. The van der Waals surface area contributed by atoms with Crippen LogP contribution in [-0.2, 0) is 19.5 Å². The highest BCUT2D eigenvalue weighted by Gasteiger charge is 2.07. The summed E-state index contributed by atoms with van der Waals surface area (Å²) in [6.45, 7) is 4.09. The first kappa shape index (κ1) is 15.3. The molecule has 0 unspecified atom stereocenters. The monoisotopic (exact) mass is 286 g/mol. The van der Waals surface area contributed by atoms with Crippen LogP contribution in [-0.4, -0.2) is 22.0 Å². The number of nitrogens with zero attached hydrogens (tertiary/aromatic N) is 2. The normalized spacial score (nSPS) is 10.6. The Hall–Kier alpha value is -2.14. The van der Waals surface area contributed by atoms with Crippen LogP contribution in [0.4, 0.5) is 0 Å². The average molecular weight is 286 g/mol. The highest BCUT2D eigenvalue weighted by Crippen LogP contribution is 2.06. The fourth-order valence-corrected chi connectivity index (χ4v) is 2.20. The van der Waals surface area contributed by atoms with Gasteiger partial charge in [-0.05, 0) is 37.1 Å². The van der Waals surface area contributed by atoms with Crippen LogP contribution in [0.1, 0.15) is 35.1 Å². The van der Waals surface area contributed by atoms with Gasteiger partial charge in [0, 0.05) is 24.5 Å². The molecule has 0 saturated carbocycles. The van der Waals surface area contributed by atoms with E-state index >= 15 is 0 Å². The quantitative estimate of drug-likeness (QED) is 0.814. The first-order chi connectivity index (χ1) is 10.2. The number of hydrogen-bond acceptors (Lipinski definition) is 3. The lowest BCUT2D eigenvalue weighted by Crippen LogP contribution is -2.24. The van der Waals surface area contributed by atoms with Gasteiger partial charge in [-0.3, -0.25) is 4.79 Å². The summed E-state index contributed by atoms with van der Waals surface area (Å²) in [7, 11) is 0. The average Bonchev–Trinajstić information content (AvgIpc) is 2.94. The first-order valence-electron chi connectivity index (χ1n) is 7.31. The fraction of sp³-hybridized carbons (Fsp3) is 0.375.